The first-order chi connectivity index (χ1) is 26.9. The number of aliphatic imine (C=N–C) groups is 1. The molecule has 0 radical (unpaired) electrons. The normalized spacial score (nSPS) is 12.2. The minimum absolute atomic E-state index is 0. The Bertz CT molecular complexity index is 1180. The van der Waals surface area contributed by atoms with Gasteiger partial charge < -0.3 is 20.0 Å². The van der Waals surface area contributed by atoms with Gasteiger partial charge in [-0.3, -0.25) is 9.35 Å². The van der Waals surface area contributed by atoms with Crippen LogP contribution in [0.1, 0.15) is 219 Å². The van der Waals surface area contributed by atoms with E-state index in [0.29, 0.717) is 0 Å². The van der Waals surface area contributed by atoms with Gasteiger partial charge in [-0.25, -0.2) is 8.42 Å². The van der Waals surface area contributed by atoms with Gasteiger partial charge in [-0.2, -0.15) is 8.42 Å². The maximum Gasteiger partial charge on any atom is 2.00 e. The molecule has 0 saturated carbocycles. The molecule has 0 aliphatic heterocycles. The van der Waals surface area contributed by atoms with Gasteiger partial charge in [0, 0.05) is 18.8 Å². The number of unbranched alkanes of at least 4 members (excludes halogenated alkanes) is 28. The summed E-state index contributed by atoms with van der Waals surface area (Å²) in [6.45, 7) is 4.86. The largest absolute Gasteiger partial charge is 2.00 e. The standard InChI is InChI=1S/2C22H43NO4S.Ca/c2*1-2-3-4-5-6-7-8-9-10-11-12-13-14-15-16-17-19-22(24)23-20-18-21-28(25,26)27;/h2*17,19H,2-16,18,20-21H2,1H3,(H,23,24)(H,25,26,27);/q;;+2/p-2/b2*19-17+;. The summed E-state index contributed by atoms with van der Waals surface area (Å²) in [5.74, 6) is -1.35. The molecule has 57 heavy (non-hydrogen) atoms. The smallest absolute Gasteiger partial charge is 0.859 e. The number of carbonyl (C=O) groups is 1. The zero-order valence-corrected chi connectivity index (χ0v) is 40.4. The first-order valence-corrected chi connectivity index (χ1v) is 25.8. The third-order valence-electron chi connectivity index (χ3n) is 9.68. The van der Waals surface area contributed by atoms with E-state index in [-0.39, 0.29) is 81.2 Å². The Kier molecular flexibility index (Phi) is 49.7. The number of amides is 1. The number of carbonyl (C=O) groups excluding carboxylic acids is 1. The first-order valence-electron chi connectivity index (χ1n) is 22.6. The zero-order chi connectivity index (χ0) is 41.9. The Morgan fingerprint density at radius 1 is 0.544 bits per heavy atom. The molecule has 0 aromatic carbocycles. The summed E-state index contributed by atoms with van der Waals surface area (Å²) >= 11 is 0. The van der Waals surface area contributed by atoms with Crippen LogP contribution >= 0.6 is 0 Å². The fourth-order valence-corrected chi connectivity index (χ4v) is 7.29. The molecule has 0 unspecified atom stereocenters. The molecule has 10 nitrogen and oxygen atoms in total. The van der Waals surface area contributed by atoms with Gasteiger partial charge in [0.15, 0.2) is 0 Å². The van der Waals surface area contributed by atoms with Crippen molar-refractivity contribution in [3.05, 3.63) is 24.3 Å². The third-order valence-corrected chi connectivity index (χ3v) is 11.3. The zero-order valence-electron chi connectivity index (χ0n) is 36.5. The first kappa shape index (κ1) is 60.8. The van der Waals surface area contributed by atoms with Gasteiger partial charge >= 0.3 is 37.7 Å². The van der Waals surface area contributed by atoms with Gasteiger partial charge in [-0.15, -0.1) is 0 Å². The van der Waals surface area contributed by atoms with E-state index in [9.17, 15) is 31.3 Å². The van der Waals surface area contributed by atoms with E-state index < -0.39 is 26.0 Å². The maximum atomic E-state index is 11.5. The topological polar surface area (TPSA) is 176 Å². The van der Waals surface area contributed by atoms with E-state index in [0.717, 1.165) is 25.7 Å². The van der Waals surface area contributed by atoms with E-state index in [1.54, 1.807) is 0 Å². The van der Waals surface area contributed by atoms with E-state index in [4.69, 9.17) is 4.55 Å². The van der Waals surface area contributed by atoms with E-state index in [2.05, 4.69) is 24.2 Å². The summed E-state index contributed by atoms with van der Waals surface area (Å²) in [6, 6.07) is 0. The summed E-state index contributed by atoms with van der Waals surface area (Å²) in [4.78, 5) is 15.2. The Balaban J connectivity index is -0.00000101. The molecule has 0 rings (SSSR count). The Hall–Kier alpha value is -0.500. The molecule has 0 aliphatic rings. The SMILES string of the molecule is CCCCCCCCCCCCCCCC/C=C/C(=O)NCCCS(=O)(=O)O.CCCCCCCCCCCCCCCC/C=C/C([O-])=NCCCS(=O)(=O)[O-].[Ca+2]. The second-order valence-corrected chi connectivity index (χ2v) is 18.4. The molecule has 0 fully saturated rings. The van der Waals surface area contributed by atoms with Crippen LogP contribution in [0.4, 0.5) is 0 Å². The van der Waals surface area contributed by atoms with Crippen LogP contribution in [0.3, 0.4) is 0 Å². The van der Waals surface area contributed by atoms with Crippen LogP contribution < -0.4 is 10.4 Å². The third kappa shape index (κ3) is 59.9. The van der Waals surface area contributed by atoms with Crippen molar-refractivity contribution in [1.29, 1.82) is 0 Å². The molecular formula is C44H84CaN2O8S2. The predicted molar refractivity (Wildman–Crippen MR) is 239 cm³/mol. The number of hydrogen-bond acceptors (Lipinski definition) is 8. The van der Waals surface area contributed by atoms with Gasteiger partial charge in [0.25, 0.3) is 10.1 Å². The minimum atomic E-state index is -4.21. The number of rotatable bonds is 40. The fourth-order valence-electron chi connectivity index (χ4n) is 6.30. The van der Waals surface area contributed by atoms with Crippen molar-refractivity contribution in [3.63, 3.8) is 0 Å². The molecule has 0 atom stereocenters. The second kappa shape index (κ2) is 46.6. The van der Waals surface area contributed by atoms with Crippen molar-refractivity contribution in [2.45, 2.75) is 219 Å². The van der Waals surface area contributed by atoms with Crippen LogP contribution in [0.5, 0.6) is 0 Å². The molecule has 0 spiro atoms. The molecule has 0 heterocycles. The summed E-state index contributed by atoms with van der Waals surface area (Å²) in [5.41, 5.74) is 0. The fraction of sp³-hybridized carbons (Fsp3) is 0.864. The van der Waals surface area contributed by atoms with Crippen molar-refractivity contribution < 1.29 is 35.8 Å². The molecular weight excluding hydrogens is 789 g/mol. The Labute approximate surface area is 381 Å². The average Bonchev–Trinajstić information content (AvgIpc) is 3.14. The van der Waals surface area contributed by atoms with Crippen LogP contribution in [-0.2, 0) is 25.0 Å². The van der Waals surface area contributed by atoms with Crippen LogP contribution in [-0.4, -0.2) is 100 Å². The van der Waals surface area contributed by atoms with E-state index in [1.807, 2.05) is 12.2 Å². The number of hydrogen-bond donors (Lipinski definition) is 2. The predicted octanol–water partition coefficient (Wildman–Crippen LogP) is 10.5. The van der Waals surface area contributed by atoms with Crippen LogP contribution in [0.2, 0.25) is 0 Å². The monoisotopic (exact) mass is 873 g/mol. The van der Waals surface area contributed by atoms with E-state index in [1.165, 1.54) is 179 Å². The average molecular weight is 873 g/mol. The molecule has 0 aromatic heterocycles. The molecule has 0 aliphatic carbocycles. The van der Waals surface area contributed by atoms with Crippen LogP contribution in [0.25, 0.3) is 0 Å². The Morgan fingerprint density at radius 2 is 0.895 bits per heavy atom. The maximum absolute atomic E-state index is 11.5. The molecule has 0 saturated heterocycles. The summed E-state index contributed by atoms with van der Waals surface area (Å²) in [5, 5.41) is 14.0. The van der Waals surface area contributed by atoms with Crippen molar-refractivity contribution in [2.24, 2.45) is 4.99 Å². The van der Waals surface area contributed by atoms with Gasteiger partial charge in [-0.05, 0) is 50.5 Å². The van der Waals surface area contributed by atoms with Crippen molar-refractivity contribution in [2.75, 3.05) is 24.6 Å². The molecule has 0 aromatic rings. The van der Waals surface area contributed by atoms with Crippen molar-refractivity contribution in [1.82, 2.24) is 5.32 Å². The molecule has 13 heteroatoms. The van der Waals surface area contributed by atoms with Gasteiger partial charge in [0.2, 0.25) is 5.91 Å². The number of nitrogens with one attached hydrogen (secondary N) is 1. The van der Waals surface area contributed by atoms with Crippen LogP contribution in [0, 0.1) is 0 Å². The quantitative estimate of drug-likeness (QED) is 0.0153. The minimum Gasteiger partial charge on any atom is -0.859 e. The van der Waals surface area contributed by atoms with E-state index >= 15 is 0 Å². The summed E-state index contributed by atoms with van der Waals surface area (Å²) in [6.07, 6.45) is 46.1. The van der Waals surface area contributed by atoms with Crippen LogP contribution in [0.15, 0.2) is 29.3 Å². The van der Waals surface area contributed by atoms with Crippen molar-refractivity contribution in [3.8, 4) is 0 Å². The van der Waals surface area contributed by atoms with Crippen molar-refractivity contribution >= 4 is 69.8 Å². The molecule has 332 valence electrons. The molecule has 0 bridgehead atoms. The Morgan fingerprint density at radius 3 is 1.25 bits per heavy atom. The molecule has 1 amide bonds. The van der Waals surface area contributed by atoms with Gasteiger partial charge in [0.1, 0.15) is 0 Å². The number of allylic oxidation sites excluding steroid dienone is 2. The van der Waals surface area contributed by atoms with Gasteiger partial charge in [0.05, 0.1) is 15.9 Å². The summed E-state index contributed by atoms with van der Waals surface area (Å²) in [7, 11) is -8.14. The summed E-state index contributed by atoms with van der Waals surface area (Å²) < 4.78 is 60.9. The van der Waals surface area contributed by atoms with Gasteiger partial charge in [-0.1, -0.05) is 199 Å². The number of nitrogens with zero attached hydrogens (tertiary/aromatic N) is 1. The second-order valence-electron chi connectivity index (χ2n) is 15.3. The molecule has 2 N–H and O–H groups in total.